The monoisotopic (exact) mass is 311 g/mol. The van der Waals surface area contributed by atoms with Crippen molar-refractivity contribution >= 4 is 27.7 Å². The molecule has 2 N–H and O–H groups in total. The van der Waals surface area contributed by atoms with Crippen LogP contribution in [0.5, 0.6) is 0 Å². The van der Waals surface area contributed by atoms with Crippen LogP contribution in [-0.2, 0) is 4.79 Å². The Hall–Kier alpha value is -1.43. The van der Waals surface area contributed by atoms with Gasteiger partial charge in [0.05, 0.1) is 0 Å². The van der Waals surface area contributed by atoms with Gasteiger partial charge in [0.1, 0.15) is 11.7 Å². The van der Waals surface area contributed by atoms with E-state index < -0.39 is 6.04 Å². The number of carbonyl (C=O) groups is 2. The van der Waals surface area contributed by atoms with Crippen molar-refractivity contribution < 1.29 is 9.59 Å². The molecule has 1 fully saturated rings. The molecule has 0 saturated heterocycles. The summed E-state index contributed by atoms with van der Waals surface area (Å²) in [7, 11) is 0. The maximum absolute atomic E-state index is 11.9. The third-order valence-electron chi connectivity index (χ3n) is 2.64. The largest absolute Gasteiger partial charge is 0.352 e. The van der Waals surface area contributed by atoms with E-state index in [1.54, 1.807) is 19.1 Å². The molecule has 6 heteroatoms. The van der Waals surface area contributed by atoms with E-state index in [9.17, 15) is 9.59 Å². The van der Waals surface area contributed by atoms with Crippen LogP contribution >= 0.6 is 15.9 Å². The number of hydrogen-bond acceptors (Lipinski definition) is 3. The summed E-state index contributed by atoms with van der Waals surface area (Å²) in [6.45, 7) is 1.66. The summed E-state index contributed by atoms with van der Waals surface area (Å²) >= 11 is 3.25. The Morgan fingerprint density at radius 1 is 1.50 bits per heavy atom. The smallest absolute Gasteiger partial charge is 0.271 e. The zero-order valence-electron chi connectivity index (χ0n) is 9.94. The molecule has 1 aromatic rings. The predicted octanol–water partition coefficient (Wildman–Crippen LogP) is 1.24. The Bertz CT molecular complexity index is 474. The zero-order chi connectivity index (χ0) is 13.1. The van der Waals surface area contributed by atoms with E-state index in [1.807, 2.05) is 0 Å². The first-order chi connectivity index (χ1) is 8.58. The number of rotatable bonds is 4. The maximum Gasteiger partial charge on any atom is 0.271 e. The van der Waals surface area contributed by atoms with Crippen LogP contribution in [0.2, 0.25) is 0 Å². The van der Waals surface area contributed by atoms with Gasteiger partial charge in [-0.15, -0.1) is 0 Å². The summed E-state index contributed by atoms with van der Waals surface area (Å²) < 4.78 is 0.609. The normalized spacial score (nSPS) is 15.9. The summed E-state index contributed by atoms with van der Waals surface area (Å²) in [5.74, 6) is -0.515. The summed E-state index contributed by atoms with van der Waals surface area (Å²) in [5.41, 5.74) is 0.281. The number of halogens is 1. The van der Waals surface area contributed by atoms with Gasteiger partial charge in [-0.05, 0) is 47.8 Å². The Morgan fingerprint density at radius 3 is 2.83 bits per heavy atom. The van der Waals surface area contributed by atoms with E-state index in [0.29, 0.717) is 10.5 Å². The van der Waals surface area contributed by atoms with Gasteiger partial charge in [0.15, 0.2) is 0 Å². The molecule has 1 aliphatic carbocycles. The molecule has 1 aromatic heterocycles. The second-order valence-corrected chi connectivity index (χ2v) is 5.17. The van der Waals surface area contributed by atoms with Crippen LogP contribution < -0.4 is 10.6 Å². The van der Waals surface area contributed by atoms with Crippen LogP contribution in [0, 0.1) is 0 Å². The highest BCUT2D eigenvalue weighted by Gasteiger charge is 2.26. The van der Waals surface area contributed by atoms with E-state index in [-0.39, 0.29) is 17.5 Å². The molecule has 2 amide bonds. The van der Waals surface area contributed by atoms with Gasteiger partial charge >= 0.3 is 0 Å². The molecule has 0 bridgehead atoms. The molecule has 1 unspecified atom stereocenters. The molecule has 1 heterocycles. The topological polar surface area (TPSA) is 71.1 Å². The van der Waals surface area contributed by atoms with E-state index in [4.69, 9.17) is 0 Å². The lowest BCUT2D eigenvalue weighted by Crippen LogP contribution is -2.45. The lowest BCUT2D eigenvalue weighted by Gasteiger charge is -2.13. The Kier molecular flexibility index (Phi) is 3.96. The first kappa shape index (κ1) is 13.0. The maximum atomic E-state index is 11.9. The zero-order valence-corrected chi connectivity index (χ0v) is 11.5. The number of nitrogens with one attached hydrogen (secondary N) is 2. The highest BCUT2D eigenvalue weighted by atomic mass is 79.9. The second kappa shape index (κ2) is 5.48. The number of hydrogen-bond donors (Lipinski definition) is 2. The van der Waals surface area contributed by atoms with Crippen LogP contribution in [0.25, 0.3) is 0 Å². The summed E-state index contributed by atoms with van der Waals surface area (Å²) in [4.78, 5) is 27.6. The lowest BCUT2D eigenvalue weighted by molar-refractivity contribution is -0.122. The minimum atomic E-state index is -0.563. The van der Waals surface area contributed by atoms with E-state index >= 15 is 0 Å². The number of aromatic nitrogens is 1. The molecule has 1 saturated carbocycles. The van der Waals surface area contributed by atoms with Gasteiger partial charge in [-0.1, -0.05) is 0 Å². The van der Waals surface area contributed by atoms with E-state index in [1.165, 1.54) is 6.20 Å². The molecule has 0 aromatic carbocycles. The fraction of sp³-hybridized carbons (Fsp3) is 0.417. The Morgan fingerprint density at radius 2 is 2.22 bits per heavy atom. The van der Waals surface area contributed by atoms with E-state index in [2.05, 4.69) is 31.5 Å². The third-order valence-corrected chi connectivity index (χ3v) is 3.28. The molecule has 18 heavy (non-hydrogen) atoms. The molecule has 1 atom stereocenters. The molecule has 96 valence electrons. The van der Waals surface area contributed by atoms with Crippen LogP contribution in [-0.4, -0.2) is 28.9 Å². The highest BCUT2D eigenvalue weighted by Crippen LogP contribution is 2.18. The molecular weight excluding hydrogens is 298 g/mol. The van der Waals surface area contributed by atoms with Gasteiger partial charge in [0, 0.05) is 16.7 Å². The van der Waals surface area contributed by atoms with Crippen LogP contribution in [0.3, 0.4) is 0 Å². The van der Waals surface area contributed by atoms with Crippen LogP contribution in [0.1, 0.15) is 30.3 Å². The summed E-state index contributed by atoms with van der Waals surface area (Å²) in [6.07, 6.45) is 3.59. The lowest BCUT2D eigenvalue weighted by atomic mass is 10.2. The van der Waals surface area contributed by atoms with Gasteiger partial charge < -0.3 is 10.6 Å². The average Bonchev–Trinajstić information content (AvgIpc) is 3.13. The van der Waals surface area contributed by atoms with Crippen molar-refractivity contribution in [3.8, 4) is 0 Å². The van der Waals surface area contributed by atoms with Crippen molar-refractivity contribution in [2.75, 3.05) is 0 Å². The number of amides is 2. The fourth-order valence-electron chi connectivity index (χ4n) is 1.44. The van der Waals surface area contributed by atoms with Crippen molar-refractivity contribution in [2.24, 2.45) is 0 Å². The number of pyridine rings is 1. The second-order valence-electron chi connectivity index (χ2n) is 4.31. The fourth-order valence-corrected chi connectivity index (χ4v) is 1.87. The SMILES string of the molecule is CC(NC(=O)c1ncccc1Br)C(=O)NC1CC1. The van der Waals surface area contributed by atoms with Gasteiger partial charge in [-0.25, -0.2) is 4.98 Å². The molecule has 1 aliphatic rings. The molecule has 0 spiro atoms. The highest BCUT2D eigenvalue weighted by molar-refractivity contribution is 9.10. The summed E-state index contributed by atoms with van der Waals surface area (Å²) in [6, 6.07) is 3.19. The van der Waals surface area contributed by atoms with Crippen molar-refractivity contribution in [1.29, 1.82) is 0 Å². The minimum Gasteiger partial charge on any atom is -0.352 e. The molecular formula is C12H14BrN3O2. The molecule has 0 aliphatic heterocycles. The third kappa shape index (κ3) is 3.29. The first-order valence-electron chi connectivity index (χ1n) is 5.79. The molecule has 5 nitrogen and oxygen atoms in total. The Balaban J connectivity index is 1.94. The van der Waals surface area contributed by atoms with Crippen molar-refractivity contribution in [3.63, 3.8) is 0 Å². The predicted molar refractivity (Wildman–Crippen MR) is 70.0 cm³/mol. The van der Waals surface area contributed by atoms with E-state index in [0.717, 1.165) is 12.8 Å². The van der Waals surface area contributed by atoms with Gasteiger partial charge in [0.25, 0.3) is 5.91 Å². The number of nitrogens with zero attached hydrogens (tertiary/aromatic N) is 1. The molecule has 2 rings (SSSR count). The average molecular weight is 312 g/mol. The van der Waals surface area contributed by atoms with Gasteiger partial charge in [-0.3, -0.25) is 9.59 Å². The van der Waals surface area contributed by atoms with Crippen molar-refractivity contribution in [1.82, 2.24) is 15.6 Å². The van der Waals surface area contributed by atoms with Gasteiger partial charge in [-0.2, -0.15) is 0 Å². The molecule has 0 radical (unpaired) electrons. The standard InChI is InChI=1S/C12H14BrN3O2/c1-7(11(17)16-8-4-5-8)15-12(18)10-9(13)3-2-6-14-10/h2-3,6-8H,4-5H2,1H3,(H,15,18)(H,16,17). The number of carbonyl (C=O) groups excluding carboxylic acids is 2. The van der Waals surface area contributed by atoms with Crippen molar-refractivity contribution in [2.45, 2.75) is 31.8 Å². The minimum absolute atomic E-state index is 0.155. The first-order valence-corrected chi connectivity index (χ1v) is 6.59. The summed E-state index contributed by atoms with van der Waals surface area (Å²) in [5, 5.41) is 5.47. The Labute approximate surface area is 113 Å². The van der Waals surface area contributed by atoms with Crippen LogP contribution in [0.4, 0.5) is 0 Å². The van der Waals surface area contributed by atoms with Crippen molar-refractivity contribution in [3.05, 3.63) is 28.5 Å². The van der Waals surface area contributed by atoms with Crippen LogP contribution in [0.15, 0.2) is 22.8 Å². The quantitative estimate of drug-likeness (QED) is 0.879. The van der Waals surface area contributed by atoms with Gasteiger partial charge in [0.2, 0.25) is 5.91 Å².